The van der Waals surface area contributed by atoms with E-state index in [-0.39, 0.29) is 5.91 Å². The normalized spacial score (nSPS) is 15.6. The zero-order valence-corrected chi connectivity index (χ0v) is 15.7. The SMILES string of the molecule is CCc1nccn1CC1CCN(CC(=O)Nc2ccc(C(N)=O)cc2)CC1. The van der Waals surface area contributed by atoms with Gasteiger partial charge in [-0.2, -0.15) is 0 Å². The maximum Gasteiger partial charge on any atom is 0.248 e. The van der Waals surface area contributed by atoms with E-state index in [2.05, 4.69) is 32.9 Å². The Kier molecular flexibility index (Phi) is 6.24. The van der Waals surface area contributed by atoms with Gasteiger partial charge in [-0.15, -0.1) is 0 Å². The molecule has 7 nitrogen and oxygen atoms in total. The summed E-state index contributed by atoms with van der Waals surface area (Å²) >= 11 is 0. The summed E-state index contributed by atoms with van der Waals surface area (Å²) in [6, 6.07) is 6.62. The summed E-state index contributed by atoms with van der Waals surface area (Å²) < 4.78 is 2.25. The lowest BCUT2D eigenvalue weighted by Crippen LogP contribution is -2.40. The lowest BCUT2D eigenvalue weighted by atomic mass is 9.96. The first-order chi connectivity index (χ1) is 13.0. The molecule has 7 heteroatoms. The minimum absolute atomic E-state index is 0.0387. The van der Waals surface area contributed by atoms with Crippen LogP contribution in [0.1, 0.15) is 35.9 Å². The first-order valence-electron chi connectivity index (χ1n) is 9.47. The number of imidazole rings is 1. The number of carbonyl (C=O) groups is 2. The van der Waals surface area contributed by atoms with Crippen LogP contribution in [0.4, 0.5) is 5.69 Å². The number of rotatable bonds is 7. The quantitative estimate of drug-likeness (QED) is 0.779. The van der Waals surface area contributed by atoms with Crippen LogP contribution in [0.5, 0.6) is 0 Å². The largest absolute Gasteiger partial charge is 0.366 e. The Balaban J connectivity index is 1.43. The topological polar surface area (TPSA) is 93.2 Å². The van der Waals surface area contributed by atoms with Crippen molar-refractivity contribution in [1.82, 2.24) is 14.5 Å². The predicted molar refractivity (Wildman–Crippen MR) is 104 cm³/mol. The van der Waals surface area contributed by atoms with Crippen molar-refractivity contribution in [1.29, 1.82) is 0 Å². The van der Waals surface area contributed by atoms with Crippen molar-refractivity contribution in [3.05, 3.63) is 48.0 Å². The van der Waals surface area contributed by atoms with Crippen LogP contribution in [0.15, 0.2) is 36.7 Å². The van der Waals surface area contributed by atoms with Gasteiger partial charge in [0.15, 0.2) is 0 Å². The second kappa shape index (κ2) is 8.81. The zero-order valence-electron chi connectivity index (χ0n) is 15.7. The maximum absolute atomic E-state index is 12.3. The van der Waals surface area contributed by atoms with Gasteiger partial charge in [0, 0.05) is 36.6 Å². The molecule has 1 aliphatic heterocycles. The van der Waals surface area contributed by atoms with Gasteiger partial charge in [0.2, 0.25) is 11.8 Å². The van der Waals surface area contributed by atoms with Gasteiger partial charge in [0.1, 0.15) is 5.82 Å². The molecule has 1 aromatic carbocycles. The van der Waals surface area contributed by atoms with Crippen molar-refractivity contribution < 1.29 is 9.59 Å². The molecule has 1 aromatic heterocycles. The van der Waals surface area contributed by atoms with Crippen LogP contribution in [-0.4, -0.2) is 45.9 Å². The average Bonchev–Trinajstić information content (AvgIpc) is 3.11. The van der Waals surface area contributed by atoms with Gasteiger partial charge in [0.05, 0.1) is 6.54 Å². The summed E-state index contributed by atoms with van der Waals surface area (Å²) in [5.74, 6) is 1.25. The third kappa shape index (κ3) is 5.17. The number of carbonyl (C=O) groups excluding carboxylic acids is 2. The molecule has 0 spiro atoms. The standard InChI is InChI=1S/C20H27N5O2/c1-2-18-22-9-12-25(18)13-15-7-10-24(11-8-15)14-19(26)23-17-5-3-16(4-6-17)20(21)27/h3-6,9,12,15H,2,7-8,10-11,13-14H2,1H3,(H2,21,27)(H,23,26). The van der Waals surface area contributed by atoms with E-state index >= 15 is 0 Å². The Morgan fingerprint density at radius 2 is 1.93 bits per heavy atom. The molecule has 0 radical (unpaired) electrons. The lowest BCUT2D eigenvalue weighted by molar-refractivity contribution is -0.117. The number of likely N-dealkylation sites (tertiary alicyclic amines) is 1. The number of nitrogens with two attached hydrogens (primary N) is 1. The number of nitrogens with one attached hydrogen (secondary N) is 1. The van der Waals surface area contributed by atoms with E-state index < -0.39 is 5.91 Å². The van der Waals surface area contributed by atoms with E-state index in [1.54, 1.807) is 24.3 Å². The molecule has 3 N–H and O–H groups in total. The molecular weight excluding hydrogens is 342 g/mol. The minimum atomic E-state index is -0.475. The molecule has 0 bridgehead atoms. The van der Waals surface area contributed by atoms with Crippen LogP contribution in [0.2, 0.25) is 0 Å². The van der Waals surface area contributed by atoms with Gasteiger partial charge < -0.3 is 15.6 Å². The summed E-state index contributed by atoms with van der Waals surface area (Å²) in [7, 11) is 0. The predicted octanol–water partition coefficient (Wildman–Crippen LogP) is 1.90. The first-order valence-corrected chi connectivity index (χ1v) is 9.47. The highest BCUT2D eigenvalue weighted by Gasteiger charge is 2.21. The van der Waals surface area contributed by atoms with Crippen LogP contribution < -0.4 is 11.1 Å². The van der Waals surface area contributed by atoms with E-state index in [1.807, 2.05) is 6.20 Å². The molecule has 0 atom stereocenters. The van der Waals surface area contributed by atoms with Gasteiger partial charge in [-0.1, -0.05) is 6.92 Å². The van der Waals surface area contributed by atoms with Gasteiger partial charge in [-0.3, -0.25) is 14.5 Å². The Labute approximate surface area is 159 Å². The highest BCUT2D eigenvalue weighted by atomic mass is 16.2. The number of aromatic nitrogens is 2. The highest BCUT2D eigenvalue weighted by Crippen LogP contribution is 2.20. The molecule has 2 amide bonds. The van der Waals surface area contributed by atoms with Crippen LogP contribution >= 0.6 is 0 Å². The zero-order chi connectivity index (χ0) is 19.2. The Bertz CT molecular complexity index is 776. The summed E-state index contributed by atoms with van der Waals surface area (Å²) in [5.41, 5.74) is 6.32. The van der Waals surface area contributed by atoms with E-state index in [0.29, 0.717) is 23.7 Å². The molecule has 0 saturated carbocycles. The van der Waals surface area contributed by atoms with E-state index in [4.69, 9.17) is 5.73 Å². The fourth-order valence-electron chi connectivity index (χ4n) is 3.55. The molecule has 1 aliphatic rings. The van der Waals surface area contributed by atoms with Gasteiger partial charge in [-0.05, 0) is 56.1 Å². The van der Waals surface area contributed by atoms with Crippen LogP contribution in [0, 0.1) is 5.92 Å². The molecule has 1 saturated heterocycles. The van der Waals surface area contributed by atoms with Crippen molar-refractivity contribution >= 4 is 17.5 Å². The van der Waals surface area contributed by atoms with E-state index in [1.165, 1.54) is 0 Å². The fourth-order valence-corrected chi connectivity index (χ4v) is 3.55. The van der Waals surface area contributed by atoms with Gasteiger partial charge in [0.25, 0.3) is 0 Å². The molecule has 2 heterocycles. The number of nitrogens with zero attached hydrogens (tertiary/aromatic N) is 3. The smallest absolute Gasteiger partial charge is 0.248 e. The lowest BCUT2D eigenvalue weighted by Gasteiger charge is -2.31. The Morgan fingerprint density at radius 3 is 2.56 bits per heavy atom. The third-order valence-electron chi connectivity index (χ3n) is 5.10. The molecule has 1 fully saturated rings. The summed E-state index contributed by atoms with van der Waals surface area (Å²) in [6.07, 6.45) is 7.05. The van der Waals surface area contributed by atoms with Crippen molar-refractivity contribution in [2.24, 2.45) is 11.7 Å². The first kappa shape index (κ1) is 19.1. The number of amides is 2. The van der Waals surface area contributed by atoms with Crippen molar-refractivity contribution in [3.63, 3.8) is 0 Å². The second-order valence-corrected chi connectivity index (χ2v) is 7.06. The second-order valence-electron chi connectivity index (χ2n) is 7.06. The number of primary amides is 1. The molecule has 3 rings (SSSR count). The Hall–Kier alpha value is -2.67. The number of benzene rings is 1. The maximum atomic E-state index is 12.3. The summed E-state index contributed by atoms with van der Waals surface area (Å²) in [6.45, 7) is 5.37. The molecule has 144 valence electrons. The Morgan fingerprint density at radius 1 is 1.22 bits per heavy atom. The molecule has 2 aromatic rings. The number of anilines is 1. The minimum Gasteiger partial charge on any atom is -0.366 e. The number of hydrogen-bond acceptors (Lipinski definition) is 4. The van der Waals surface area contributed by atoms with Crippen molar-refractivity contribution in [2.45, 2.75) is 32.7 Å². The van der Waals surface area contributed by atoms with Crippen molar-refractivity contribution in [2.75, 3.05) is 25.0 Å². The number of aryl methyl sites for hydroxylation is 1. The summed E-state index contributed by atoms with van der Waals surface area (Å²) in [4.78, 5) is 29.9. The van der Waals surface area contributed by atoms with Crippen molar-refractivity contribution in [3.8, 4) is 0 Å². The molecule has 0 aliphatic carbocycles. The number of hydrogen-bond donors (Lipinski definition) is 2. The van der Waals surface area contributed by atoms with Crippen LogP contribution in [-0.2, 0) is 17.8 Å². The fraction of sp³-hybridized carbons (Fsp3) is 0.450. The highest BCUT2D eigenvalue weighted by molar-refractivity contribution is 5.95. The average molecular weight is 369 g/mol. The third-order valence-corrected chi connectivity index (χ3v) is 5.10. The molecule has 0 unspecified atom stereocenters. The van der Waals surface area contributed by atoms with Crippen LogP contribution in [0.3, 0.4) is 0 Å². The molecular formula is C20H27N5O2. The van der Waals surface area contributed by atoms with Gasteiger partial charge in [-0.25, -0.2) is 4.98 Å². The van der Waals surface area contributed by atoms with Crippen LogP contribution in [0.25, 0.3) is 0 Å². The van der Waals surface area contributed by atoms with E-state index in [9.17, 15) is 9.59 Å². The monoisotopic (exact) mass is 369 g/mol. The molecule has 27 heavy (non-hydrogen) atoms. The van der Waals surface area contributed by atoms with E-state index in [0.717, 1.165) is 44.7 Å². The van der Waals surface area contributed by atoms with Gasteiger partial charge >= 0.3 is 0 Å². The summed E-state index contributed by atoms with van der Waals surface area (Å²) in [5, 5.41) is 2.87. The number of piperidine rings is 1.